The number of carbonyl (C=O) groups is 5. The number of aryl methyl sites for hydroxylation is 1. The maximum atomic E-state index is 13.0. The minimum atomic E-state index is -1.38. The number of hydrogen-bond donors (Lipinski definition) is 4. The third kappa shape index (κ3) is 8.56. The number of aromatic nitrogens is 1. The third-order valence-electron chi connectivity index (χ3n) is 7.33. The molecule has 0 saturated carbocycles. The van der Waals surface area contributed by atoms with E-state index in [1.807, 2.05) is 0 Å². The smallest absolute Gasteiger partial charge is 0.352 e. The molecule has 2 amide bonds. The number of amides is 2. The van der Waals surface area contributed by atoms with E-state index in [-0.39, 0.29) is 23.1 Å². The van der Waals surface area contributed by atoms with Crippen LogP contribution in [0.25, 0.3) is 11.6 Å². The van der Waals surface area contributed by atoms with Gasteiger partial charge < -0.3 is 34.7 Å². The quantitative estimate of drug-likeness (QED) is 0.0793. The summed E-state index contributed by atoms with van der Waals surface area (Å²) in [5.41, 5.74) is 3.67. The normalized spacial score (nSPS) is 15.2. The van der Waals surface area contributed by atoms with Crippen molar-refractivity contribution in [1.82, 2.24) is 15.2 Å². The van der Waals surface area contributed by atoms with Crippen LogP contribution in [0.5, 0.6) is 5.75 Å². The molecule has 0 spiro atoms. The van der Waals surface area contributed by atoms with Crippen molar-refractivity contribution in [2.45, 2.75) is 66.8 Å². The number of hydrogen-bond acceptors (Lipinski definition) is 11. The summed E-state index contributed by atoms with van der Waals surface area (Å²) in [6.07, 6.45) is -2.43. The molecule has 3 rings (SSSR count). The Morgan fingerprint density at radius 1 is 0.978 bits per heavy atom. The maximum absolute atomic E-state index is 13.0. The van der Waals surface area contributed by atoms with Gasteiger partial charge in [-0.05, 0) is 77.5 Å². The summed E-state index contributed by atoms with van der Waals surface area (Å²) in [7, 11) is 0. The van der Waals surface area contributed by atoms with Crippen molar-refractivity contribution in [3.05, 3.63) is 46.3 Å². The number of anilines is 1. The number of fused-ring (bicyclic) bond motifs is 1. The number of esters is 3. The molecule has 1 aromatic carbocycles. The molecule has 2 aromatic rings. The van der Waals surface area contributed by atoms with Gasteiger partial charge in [-0.3, -0.25) is 14.8 Å². The monoisotopic (exact) mass is 628 g/mol. The van der Waals surface area contributed by atoms with Crippen molar-refractivity contribution in [2.24, 2.45) is 0 Å². The number of H-pyrrole nitrogens is 1. The van der Waals surface area contributed by atoms with Gasteiger partial charge in [-0.2, -0.15) is 0 Å². The predicted molar refractivity (Wildman–Crippen MR) is 163 cm³/mol. The van der Waals surface area contributed by atoms with Crippen molar-refractivity contribution in [3.63, 3.8) is 0 Å². The molecule has 2 heterocycles. The van der Waals surface area contributed by atoms with E-state index in [4.69, 9.17) is 19.5 Å². The molecule has 0 saturated heterocycles. The Labute approximate surface area is 261 Å². The van der Waals surface area contributed by atoms with E-state index in [1.54, 1.807) is 26.0 Å². The van der Waals surface area contributed by atoms with E-state index in [0.29, 0.717) is 40.3 Å². The van der Waals surface area contributed by atoms with Gasteiger partial charge in [-0.15, -0.1) is 0 Å². The number of aromatic amines is 1. The molecular formula is C31H40N4O10. The standard InChI is InChI=1S/C31H40N4O10/c1-8-35(9-2)13-12-32-28(37)26-16(3)25(33-17(26)4)15-23-22-14-21(10-11-24(22)34-27(23)36)44-30(39)19(6)42-29(38)18(5)43-31(40)20(7)45-41/h10-11,14-15,18-20,33,41H,8-9,12-13H2,1-7H3,(H,32,37)(H,34,36)/b23-15-/t18-,19-,20-/m0/s1. The highest BCUT2D eigenvalue weighted by molar-refractivity contribution is 6.35. The van der Waals surface area contributed by atoms with Crippen LogP contribution in [0.3, 0.4) is 0 Å². The van der Waals surface area contributed by atoms with Crippen molar-refractivity contribution in [3.8, 4) is 5.75 Å². The lowest BCUT2D eigenvalue weighted by atomic mass is 10.0. The molecule has 45 heavy (non-hydrogen) atoms. The third-order valence-corrected chi connectivity index (χ3v) is 7.33. The van der Waals surface area contributed by atoms with Crippen LogP contribution in [-0.4, -0.2) is 89.4 Å². The van der Waals surface area contributed by atoms with Crippen molar-refractivity contribution in [2.75, 3.05) is 31.5 Å². The lowest BCUT2D eigenvalue weighted by molar-refractivity contribution is -0.274. The second-order valence-corrected chi connectivity index (χ2v) is 10.5. The number of carbonyl (C=O) groups excluding carboxylic acids is 5. The predicted octanol–water partition coefficient (Wildman–Crippen LogP) is 2.84. The van der Waals surface area contributed by atoms with Gasteiger partial charge in [-0.1, -0.05) is 13.8 Å². The molecule has 0 fully saturated rings. The minimum absolute atomic E-state index is 0.0881. The average molecular weight is 629 g/mol. The Morgan fingerprint density at radius 2 is 1.60 bits per heavy atom. The molecule has 1 aliphatic rings. The Bertz CT molecular complexity index is 1480. The minimum Gasteiger partial charge on any atom is -0.449 e. The summed E-state index contributed by atoms with van der Waals surface area (Å²) in [6, 6.07) is 4.54. The lowest BCUT2D eigenvalue weighted by Gasteiger charge is -2.18. The van der Waals surface area contributed by atoms with E-state index in [9.17, 15) is 24.0 Å². The first kappa shape index (κ1) is 35.0. The molecule has 14 heteroatoms. The molecule has 0 bridgehead atoms. The summed E-state index contributed by atoms with van der Waals surface area (Å²) in [4.78, 5) is 71.8. The van der Waals surface area contributed by atoms with E-state index < -0.39 is 36.2 Å². The number of benzene rings is 1. The molecule has 3 atom stereocenters. The second kappa shape index (κ2) is 15.5. The molecular weight excluding hydrogens is 588 g/mol. The molecule has 4 N–H and O–H groups in total. The van der Waals surface area contributed by atoms with E-state index in [0.717, 1.165) is 19.6 Å². The first-order valence-corrected chi connectivity index (χ1v) is 14.6. The van der Waals surface area contributed by atoms with Crippen LogP contribution in [0.1, 0.15) is 67.5 Å². The summed E-state index contributed by atoms with van der Waals surface area (Å²) >= 11 is 0. The summed E-state index contributed by atoms with van der Waals surface area (Å²) in [5, 5.41) is 14.3. The van der Waals surface area contributed by atoms with Crippen LogP contribution < -0.4 is 15.4 Å². The van der Waals surface area contributed by atoms with Crippen LogP contribution >= 0.6 is 0 Å². The average Bonchev–Trinajstić information content (AvgIpc) is 3.47. The van der Waals surface area contributed by atoms with E-state index in [1.165, 1.54) is 32.9 Å². The topological polar surface area (TPSA) is 186 Å². The van der Waals surface area contributed by atoms with Crippen LogP contribution in [0.2, 0.25) is 0 Å². The number of likely N-dealkylation sites (N-methyl/N-ethyl adjacent to an activating group) is 1. The number of nitrogens with zero attached hydrogens (tertiary/aromatic N) is 1. The number of ether oxygens (including phenoxy) is 3. The van der Waals surface area contributed by atoms with Gasteiger partial charge in [0.1, 0.15) is 5.75 Å². The fraction of sp³-hybridized carbons (Fsp3) is 0.452. The highest BCUT2D eigenvalue weighted by Crippen LogP contribution is 2.36. The highest BCUT2D eigenvalue weighted by atomic mass is 17.1. The molecule has 1 aromatic heterocycles. The Kier molecular flexibility index (Phi) is 12.0. The van der Waals surface area contributed by atoms with Gasteiger partial charge in [0.15, 0.2) is 18.3 Å². The van der Waals surface area contributed by atoms with Gasteiger partial charge >= 0.3 is 17.9 Å². The Hall–Kier alpha value is -4.53. The Balaban J connectivity index is 1.72. The van der Waals surface area contributed by atoms with Crippen LogP contribution in [-0.2, 0) is 33.5 Å². The molecule has 244 valence electrons. The summed E-state index contributed by atoms with van der Waals surface area (Å²) in [5.74, 6) is -3.43. The van der Waals surface area contributed by atoms with E-state index in [2.05, 4.69) is 39.3 Å². The second-order valence-electron chi connectivity index (χ2n) is 10.5. The molecule has 0 radical (unpaired) electrons. The Morgan fingerprint density at radius 3 is 2.22 bits per heavy atom. The van der Waals surface area contributed by atoms with E-state index >= 15 is 0 Å². The highest BCUT2D eigenvalue weighted by Gasteiger charge is 2.30. The van der Waals surface area contributed by atoms with Gasteiger partial charge in [0.2, 0.25) is 0 Å². The van der Waals surface area contributed by atoms with Gasteiger partial charge in [0, 0.05) is 35.7 Å². The zero-order chi connectivity index (χ0) is 33.4. The molecule has 1 aliphatic heterocycles. The number of rotatable bonds is 14. The first-order chi connectivity index (χ1) is 21.3. The maximum Gasteiger partial charge on any atom is 0.352 e. The summed E-state index contributed by atoms with van der Waals surface area (Å²) < 4.78 is 15.3. The SMILES string of the molecule is CCN(CC)CCNC(=O)c1c(C)[nH]c(/C=C2\C(=O)Nc3ccc(OC(=O)[C@H](C)OC(=O)[C@H](C)OC(=O)[C@H](C)OO)cc32)c1C. The van der Waals surface area contributed by atoms with Gasteiger partial charge in [-0.25, -0.2) is 19.3 Å². The van der Waals surface area contributed by atoms with Crippen LogP contribution in [0.15, 0.2) is 18.2 Å². The fourth-order valence-electron chi connectivity index (χ4n) is 4.61. The first-order valence-electron chi connectivity index (χ1n) is 14.6. The summed E-state index contributed by atoms with van der Waals surface area (Å²) in [6.45, 7) is 14.5. The van der Waals surface area contributed by atoms with Crippen molar-refractivity contribution in [1.29, 1.82) is 0 Å². The fourth-order valence-corrected chi connectivity index (χ4v) is 4.61. The van der Waals surface area contributed by atoms with Gasteiger partial charge in [0.25, 0.3) is 11.8 Å². The zero-order valence-electron chi connectivity index (χ0n) is 26.4. The lowest BCUT2D eigenvalue weighted by Crippen LogP contribution is -2.36. The largest absolute Gasteiger partial charge is 0.449 e. The van der Waals surface area contributed by atoms with Crippen molar-refractivity contribution >= 4 is 47.1 Å². The molecule has 0 aliphatic carbocycles. The zero-order valence-corrected chi connectivity index (χ0v) is 26.4. The van der Waals surface area contributed by atoms with Crippen molar-refractivity contribution < 1.29 is 48.3 Å². The number of nitrogens with one attached hydrogen (secondary N) is 3. The van der Waals surface area contributed by atoms with Crippen LogP contribution in [0.4, 0.5) is 5.69 Å². The van der Waals surface area contributed by atoms with Crippen LogP contribution in [0, 0.1) is 13.8 Å². The van der Waals surface area contributed by atoms with Gasteiger partial charge in [0.05, 0.1) is 11.1 Å². The molecule has 14 nitrogen and oxygen atoms in total. The molecule has 0 unspecified atom stereocenters.